The molecule has 0 radical (unpaired) electrons. The summed E-state index contributed by atoms with van der Waals surface area (Å²) >= 11 is 1.83. The summed E-state index contributed by atoms with van der Waals surface area (Å²) in [7, 11) is 0. The topological polar surface area (TPSA) is 43.6 Å². The third kappa shape index (κ3) is 6.15. The average molecular weight is 749 g/mol. The molecule has 57 heavy (non-hydrogen) atoms. The van der Waals surface area contributed by atoms with Gasteiger partial charge in [0.15, 0.2) is 5.82 Å². The van der Waals surface area contributed by atoms with Crippen LogP contribution in [0.15, 0.2) is 195 Å². The molecule has 0 N–H and O–H groups in total. The second-order valence-electron chi connectivity index (χ2n) is 14.1. The highest BCUT2D eigenvalue weighted by atomic mass is 32.1. The smallest absolute Gasteiger partial charge is 0.160 e. The molecule has 0 atom stereocenters. The Morgan fingerprint density at radius 1 is 0.579 bits per heavy atom. The molecule has 0 aliphatic rings. The maximum Gasteiger partial charge on any atom is 0.160 e. The highest BCUT2D eigenvalue weighted by Gasteiger charge is 2.22. The Labute approximate surface area is 335 Å². The van der Waals surface area contributed by atoms with Crippen LogP contribution in [0.2, 0.25) is 0 Å². The van der Waals surface area contributed by atoms with Gasteiger partial charge in [-0.25, -0.2) is 15.0 Å². The maximum atomic E-state index is 5.37. The van der Waals surface area contributed by atoms with Crippen molar-refractivity contribution in [1.82, 2.24) is 19.5 Å². The van der Waals surface area contributed by atoms with Gasteiger partial charge in [0.25, 0.3) is 0 Å². The quantitative estimate of drug-likeness (QED) is 0.145. The van der Waals surface area contributed by atoms with Crippen LogP contribution >= 0.6 is 11.3 Å². The highest BCUT2D eigenvalue weighted by molar-refractivity contribution is 7.26. The van der Waals surface area contributed by atoms with Crippen LogP contribution in [0.3, 0.4) is 0 Å². The van der Waals surface area contributed by atoms with Crippen molar-refractivity contribution in [2.24, 2.45) is 0 Å². The fourth-order valence-corrected chi connectivity index (χ4v) is 9.16. The van der Waals surface area contributed by atoms with Crippen molar-refractivity contribution in [2.45, 2.75) is 6.92 Å². The fourth-order valence-electron chi connectivity index (χ4n) is 7.78. The Kier molecular flexibility index (Phi) is 8.70. The lowest BCUT2D eigenvalue weighted by Crippen LogP contribution is -1.97. The summed E-state index contributed by atoms with van der Waals surface area (Å²) in [6, 6.07) is 57.7. The average Bonchev–Trinajstić information content (AvgIpc) is 3.82. The van der Waals surface area contributed by atoms with E-state index in [4.69, 9.17) is 15.0 Å². The molecule has 270 valence electrons. The van der Waals surface area contributed by atoms with Gasteiger partial charge in [-0.2, -0.15) is 0 Å². The monoisotopic (exact) mass is 748 g/mol. The van der Waals surface area contributed by atoms with Crippen molar-refractivity contribution >= 4 is 59.0 Å². The Morgan fingerprint density at radius 2 is 1.26 bits per heavy atom. The van der Waals surface area contributed by atoms with E-state index in [0.29, 0.717) is 5.82 Å². The molecule has 0 saturated carbocycles. The molecule has 0 unspecified atom stereocenters. The normalized spacial score (nSPS) is 12.1. The Hall–Kier alpha value is -7.21. The first-order chi connectivity index (χ1) is 28.1. The number of aromatic nitrogens is 4. The number of thiophene rings is 1. The van der Waals surface area contributed by atoms with E-state index in [1.165, 1.54) is 36.6 Å². The number of para-hydroxylation sites is 3. The highest BCUT2D eigenvalue weighted by Crippen LogP contribution is 2.47. The van der Waals surface area contributed by atoms with Crippen LogP contribution in [0, 0.1) is 0 Å². The minimum absolute atomic E-state index is 0.699. The summed E-state index contributed by atoms with van der Waals surface area (Å²) in [6.07, 6.45) is 7.73. The van der Waals surface area contributed by atoms with E-state index in [-0.39, 0.29) is 0 Å². The van der Waals surface area contributed by atoms with Gasteiger partial charge in [0.1, 0.15) is 4.83 Å². The van der Waals surface area contributed by atoms with Crippen LogP contribution in [0.25, 0.3) is 98.4 Å². The predicted molar refractivity (Wildman–Crippen MR) is 242 cm³/mol. The van der Waals surface area contributed by atoms with Crippen LogP contribution < -0.4 is 0 Å². The van der Waals surface area contributed by atoms with Gasteiger partial charge in [-0.1, -0.05) is 158 Å². The molecule has 4 aromatic heterocycles. The minimum Gasteiger partial charge on any atom is -0.301 e. The van der Waals surface area contributed by atoms with Gasteiger partial charge in [-0.05, 0) is 60.0 Å². The SMILES string of the molecule is C=C/C=C\C=C(/C)c1cc(-c2ccc(-c3cccc(-c4nc5ccccc5c5c4sc4c5c5ccccc5n4-c4ccccc4)c3)cc2)nc(-c2ccccc2)n1. The van der Waals surface area contributed by atoms with Gasteiger partial charge >= 0.3 is 0 Å². The van der Waals surface area contributed by atoms with Crippen molar-refractivity contribution in [3.05, 3.63) is 200 Å². The summed E-state index contributed by atoms with van der Waals surface area (Å²) in [4.78, 5) is 16.6. The first-order valence-electron chi connectivity index (χ1n) is 19.1. The van der Waals surface area contributed by atoms with Crippen molar-refractivity contribution in [3.63, 3.8) is 0 Å². The van der Waals surface area contributed by atoms with Crippen molar-refractivity contribution in [1.29, 1.82) is 0 Å². The number of benzene rings is 6. The molecular formula is C52H36N4S. The van der Waals surface area contributed by atoms with E-state index in [0.717, 1.165) is 61.7 Å². The Morgan fingerprint density at radius 3 is 2.07 bits per heavy atom. The van der Waals surface area contributed by atoms with Crippen LogP contribution in [-0.2, 0) is 0 Å². The number of pyridine rings is 1. The molecule has 0 spiro atoms. The number of nitrogens with zero attached hydrogens (tertiary/aromatic N) is 4. The van der Waals surface area contributed by atoms with Crippen LogP contribution in [-0.4, -0.2) is 19.5 Å². The zero-order valence-corrected chi connectivity index (χ0v) is 32.1. The first kappa shape index (κ1) is 34.3. The molecule has 0 bridgehead atoms. The van der Waals surface area contributed by atoms with Crippen LogP contribution in [0.5, 0.6) is 0 Å². The van der Waals surface area contributed by atoms with Gasteiger partial charge < -0.3 is 4.57 Å². The zero-order valence-electron chi connectivity index (χ0n) is 31.3. The molecule has 6 aromatic carbocycles. The van der Waals surface area contributed by atoms with E-state index < -0.39 is 0 Å². The molecule has 4 nitrogen and oxygen atoms in total. The summed E-state index contributed by atoms with van der Waals surface area (Å²) in [5, 5.41) is 4.97. The van der Waals surface area contributed by atoms with Gasteiger partial charge in [0, 0.05) is 43.9 Å². The minimum atomic E-state index is 0.699. The van der Waals surface area contributed by atoms with Crippen LogP contribution in [0.4, 0.5) is 0 Å². The zero-order chi connectivity index (χ0) is 38.3. The van der Waals surface area contributed by atoms with Gasteiger partial charge in [-0.3, -0.25) is 0 Å². The third-order valence-electron chi connectivity index (χ3n) is 10.5. The van der Waals surface area contributed by atoms with Crippen molar-refractivity contribution in [2.75, 3.05) is 0 Å². The largest absolute Gasteiger partial charge is 0.301 e. The molecule has 0 saturated heterocycles. The number of rotatable bonds is 8. The molecule has 0 amide bonds. The van der Waals surface area contributed by atoms with E-state index in [1.54, 1.807) is 6.08 Å². The summed E-state index contributed by atoms with van der Waals surface area (Å²) in [6.45, 7) is 5.87. The summed E-state index contributed by atoms with van der Waals surface area (Å²) < 4.78 is 3.60. The molecule has 5 heteroatoms. The van der Waals surface area contributed by atoms with E-state index in [2.05, 4.69) is 170 Å². The lowest BCUT2D eigenvalue weighted by molar-refractivity contribution is 1.15. The molecule has 10 aromatic rings. The Bertz CT molecular complexity index is 3190. The summed E-state index contributed by atoms with van der Waals surface area (Å²) in [5.41, 5.74) is 12.5. The lowest BCUT2D eigenvalue weighted by Gasteiger charge is -2.11. The second kappa shape index (κ2) is 14.5. The standard InChI is InChI=1S/C52H36N4S/c1-3-4-7-17-34(2)44-33-45(55-51(54-44)37-18-8-5-9-19-37)36-30-28-35(29-31-36)38-20-16-21-39(32-38)49-50-47(41-24-12-14-26-43(41)53-49)48-42-25-13-15-27-46(42)56(52(48)57-50)40-22-10-6-11-23-40/h3-33H,1H2,2H3/b7-4-,34-17+. The number of allylic oxidation sites excluding steroid dienone is 5. The van der Waals surface area contributed by atoms with E-state index in [9.17, 15) is 0 Å². The van der Waals surface area contributed by atoms with Crippen molar-refractivity contribution < 1.29 is 0 Å². The van der Waals surface area contributed by atoms with Gasteiger partial charge in [0.2, 0.25) is 0 Å². The number of fused-ring (bicyclic) bond motifs is 7. The van der Waals surface area contributed by atoms with Crippen LogP contribution in [0.1, 0.15) is 12.6 Å². The van der Waals surface area contributed by atoms with Gasteiger partial charge in [-0.15, -0.1) is 11.3 Å². The van der Waals surface area contributed by atoms with E-state index in [1.807, 2.05) is 41.7 Å². The molecule has 4 heterocycles. The number of hydrogen-bond donors (Lipinski definition) is 0. The third-order valence-corrected chi connectivity index (χ3v) is 11.7. The molecular weight excluding hydrogens is 713 g/mol. The lowest BCUT2D eigenvalue weighted by atomic mass is 9.98. The predicted octanol–water partition coefficient (Wildman–Crippen LogP) is 14.2. The first-order valence-corrected chi connectivity index (χ1v) is 19.9. The molecule has 0 aliphatic carbocycles. The van der Waals surface area contributed by atoms with Crippen molar-refractivity contribution in [3.8, 4) is 50.7 Å². The second-order valence-corrected chi connectivity index (χ2v) is 15.1. The summed E-state index contributed by atoms with van der Waals surface area (Å²) in [5.74, 6) is 0.699. The molecule has 10 rings (SSSR count). The van der Waals surface area contributed by atoms with Gasteiger partial charge in [0.05, 0.1) is 32.8 Å². The molecule has 0 aliphatic heterocycles. The molecule has 0 fully saturated rings. The maximum absolute atomic E-state index is 5.37. The Balaban J connectivity index is 1.09. The number of hydrogen-bond acceptors (Lipinski definition) is 4. The van der Waals surface area contributed by atoms with E-state index >= 15 is 0 Å². The fraction of sp³-hybridized carbons (Fsp3) is 0.0192.